The van der Waals surface area contributed by atoms with E-state index in [1.54, 1.807) is 0 Å². The Kier molecular flexibility index (Phi) is 9.06. The summed E-state index contributed by atoms with van der Waals surface area (Å²) in [6, 6.07) is 13.0. The molecule has 0 spiro atoms. The third kappa shape index (κ3) is 3.65. The molecule has 0 aliphatic rings. The van der Waals surface area contributed by atoms with Crippen molar-refractivity contribution >= 4 is 10.8 Å². The normalized spacial score (nSPS) is 8.60. The summed E-state index contributed by atoms with van der Waals surface area (Å²) in [4.78, 5) is 0. The molecule has 2 rings (SSSR count). The average molecular weight is 279 g/mol. The molecular formula is C14H19Zr. The van der Waals surface area contributed by atoms with Crippen LogP contribution in [0.5, 0.6) is 0 Å². The number of benzene rings is 1. The molecule has 15 heavy (non-hydrogen) atoms. The molecule has 1 heteroatoms. The quantitative estimate of drug-likeness (QED) is 0.714. The van der Waals surface area contributed by atoms with E-state index in [1.165, 1.54) is 29.2 Å². The zero-order valence-corrected chi connectivity index (χ0v) is 12.3. The predicted molar refractivity (Wildman–Crippen MR) is 66.4 cm³/mol. The van der Waals surface area contributed by atoms with E-state index in [4.69, 9.17) is 0 Å². The van der Waals surface area contributed by atoms with Gasteiger partial charge in [-0.2, -0.15) is 6.07 Å². The topological polar surface area (TPSA) is 0 Å². The Bertz CT molecular complexity index is 373. The van der Waals surface area contributed by atoms with E-state index in [2.05, 4.69) is 43.3 Å². The molecule has 0 saturated heterocycles. The summed E-state index contributed by atoms with van der Waals surface area (Å²) in [5.41, 5.74) is 1.49. The molecule has 0 aliphatic heterocycles. The number of rotatable bonds is 2. The number of fused-ring (bicyclic) bond motifs is 1. The Hall–Kier alpha value is -0.287. The van der Waals surface area contributed by atoms with Crippen molar-refractivity contribution in [2.24, 2.45) is 0 Å². The fourth-order valence-electron chi connectivity index (χ4n) is 1.70. The minimum Gasteiger partial charge on any atom is -0.358 e. The van der Waals surface area contributed by atoms with E-state index in [1.807, 2.05) is 0 Å². The molecule has 79 valence electrons. The first kappa shape index (κ1) is 17.1. The maximum absolute atomic E-state index is 2.24. The SMILES string of the molecule is CCC[c-]1ccc2ccccc21.[CH3-].[CH3-].[Zr+3]. The van der Waals surface area contributed by atoms with Gasteiger partial charge in [0.2, 0.25) is 0 Å². The molecule has 0 fully saturated rings. The molecule has 2 aromatic carbocycles. The van der Waals surface area contributed by atoms with Crippen molar-refractivity contribution < 1.29 is 26.2 Å². The van der Waals surface area contributed by atoms with Gasteiger partial charge in [0.15, 0.2) is 0 Å². The standard InChI is InChI=1S/C12H13.2CH3.Zr/c1-2-5-10-8-9-11-6-3-4-7-12(10)11;;;/h3-4,6-9H,2,5H2,1H3;2*1H3;/q3*-1;+3. The van der Waals surface area contributed by atoms with E-state index in [-0.39, 0.29) is 41.1 Å². The smallest absolute Gasteiger partial charge is 0.358 e. The van der Waals surface area contributed by atoms with Crippen LogP contribution in [0, 0.1) is 14.9 Å². The van der Waals surface area contributed by atoms with Crippen LogP contribution >= 0.6 is 0 Å². The van der Waals surface area contributed by atoms with E-state index >= 15 is 0 Å². The van der Waals surface area contributed by atoms with Crippen LogP contribution in [0.2, 0.25) is 0 Å². The first-order valence-corrected chi connectivity index (χ1v) is 4.55. The molecule has 0 N–H and O–H groups in total. The van der Waals surface area contributed by atoms with E-state index in [0.29, 0.717) is 0 Å². The zero-order chi connectivity index (χ0) is 8.39. The molecule has 0 amide bonds. The maximum Gasteiger partial charge on any atom is 3.00 e. The summed E-state index contributed by atoms with van der Waals surface area (Å²) < 4.78 is 0. The van der Waals surface area contributed by atoms with Crippen LogP contribution < -0.4 is 0 Å². The van der Waals surface area contributed by atoms with Crippen LogP contribution in [0.25, 0.3) is 10.8 Å². The summed E-state index contributed by atoms with van der Waals surface area (Å²) in [5, 5.41) is 2.81. The van der Waals surface area contributed by atoms with Gasteiger partial charge in [0.1, 0.15) is 0 Å². The van der Waals surface area contributed by atoms with E-state index in [9.17, 15) is 0 Å². The molecule has 0 heterocycles. The minimum absolute atomic E-state index is 0. The monoisotopic (exact) mass is 277 g/mol. The number of aryl methyl sites for hydroxylation is 1. The second-order valence-corrected chi connectivity index (χ2v) is 3.20. The molecule has 0 saturated carbocycles. The van der Waals surface area contributed by atoms with Gasteiger partial charge in [0.05, 0.1) is 0 Å². The Morgan fingerprint density at radius 1 is 1.07 bits per heavy atom. The fourth-order valence-corrected chi connectivity index (χ4v) is 1.70. The Morgan fingerprint density at radius 3 is 2.40 bits per heavy atom. The Morgan fingerprint density at radius 2 is 1.73 bits per heavy atom. The van der Waals surface area contributed by atoms with Crippen LogP contribution in [-0.4, -0.2) is 0 Å². The van der Waals surface area contributed by atoms with Crippen molar-refractivity contribution in [3.05, 3.63) is 56.8 Å². The number of hydrogen-bond acceptors (Lipinski definition) is 0. The minimum atomic E-state index is 0. The molecule has 0 aromatic heterocycles. The first-order chi connectivity index (χ1) is 5.92. The van der Waals surface area contributed by atoms with Crippen molar-refractivity contribution in [2.45, 2.75) is 19.8 Å². The Balaban J connectivity index is 0. The van der Waals surface area contributed by atoms with Gasteiger partial charge in [-0.15, -0.1) is 40.6 Å². The van der Waals surface area contributed by atoms with Gasteiger partial charge in [-0.05, 0) is 0 Å². The van der Waals surface area contributed by atoms with E-state index < -0.39 is 0 Å². The van der Waals surface area contributed by atoms with Crippen molar-refractivity contribution in [3.63, 3.8) is 0 Å². The summed E-state index contributed by atoms with van der Waals surface area (Å²) in [5.74, 6) is 0. The van der Waals surface area contributed by atoms with Crippen LogP contribution in [0.3, 0.4) is 0 Å². The van der Waals surface area contributed by atoms with Crippen molar-refractivity contribution in [1.82, 2.24) is 0 Å². The van der Waals surface area contributed by atoms with Crippen molar-refractivity contribution in [1.29, 1.82) is 0 Å². The molecule has 1 radical (unpaired) electrons. The van der Waals surface area contributed by atoms with Gasteiger partial charge >= 0.3 is 26.2 Å². The molecule has 0 unspecified atom stereocenters. The van der Waals surface area contributed by atoms with Gasteiger partial charge in [0, 0.05) is 0 Å². The van der Waals surface area contributed by atoms with Gasteiger partial charge < -0.3 is 14.9 Å². The maximum atomic E-state index is 2.24. The Labute approximate surface area is 113 Å². The van der Waals surface area contributed by atoms with Gasteiger partial charge in [-0.25, -0.2) is 0 Å². The van der Waals surface area contributed by atoms with Crippen molar-refractivity contribution in [2.75, 3.05) is 0 Å². The first-order valence-electron chi connectivity index (χ1n) is 4.55. The third-order valence-corrected chi connectivity index (χ3v) is 2.29. The fraction of sp³-hybridized carbons (Fsp3) is 0.214. The van der Waals surface area contributed by atoms with Gasteiger partial charge in [-0.1, -0.05) is 25.8 Å². The number of hydrogen-bond donors (Lipinski definition) is 0. The predicted octanol–water partition coefficient (Wildman–Crippen LogP) is 4.41. The molecule has 0 aliphatic carbocycles. The second kappa shape index (κ2) is 7.93. The summed E-state index contributed by atoms with van der Waals surface area (Å²) in [6.45, 7) is 2.22. The zero-order valence-electron chi connectivity index (χ0n) is 9.88. The van der Waals surface area contributed by atoms with Gasteiger partial charge in [0.25, 0.3) is 0 Å². The summed E-state index contributed by atoms with van der Waals surface area (Å²) in [7, 11) is 0. The molecule has 0 atom stereocenters. The molecular weight excluding hydrogens is 259 g/mol. The molecule has 0 bridgehead atoms. The molecule has 2 aromatic rings. The third-order valence-electron chi connectivity index (χ3n) is 2.29. The summed E-state index contributed by atoms with van der Waals surface area (Å²) in [6.07, 6.45) is 2.43. The van der Waals surface area contributed by atoms with Crippen molar-refractivity contribution in [3.8, 4) is 0 Å². The van der Waals surface area contributed by atoms with E-state index in [0.717, 1.165) is 0 Å². The molecule has 0 nitrogen and oxygen atoms in total. The second-order valence-electron chi connectivity index (χ2n) is 3.20. The van der Waals surface area contributed by atoms with Crippen LogP contribution in [0.4, 0.5) is 0 Å². The average Bonchev–Trinajstić information content (AvgIpc) is 2.50. The van der Waals surface area contributed by atoms with Crippen LogP contribution in [0.15, 0.2) is 36.4 Å². The largest absolute Gasteiger partial charge is 3.00 e. The van der Waals surface area contributed by atoms with Crippen LogP contribution in [0.1, 0.15) is 18.9 Å². The summed E-state index contributed by atoms with van der Waals surface area (Å²) >= 11 is 0. The van der Waals surface area contributed by atoms with Gasteiger partial charge in [-0.3, -0.25) is 0 Å². The van der Waals surface area contributed by atoms with Crippen LogP contribution in [-0.2, 0) is 32.6 Å².